The summed E-state index contributed by atoms with van der Waals surface area (Å²) in [6, 6.07) is 8.24. The third kappa shape index (κ3) is 5.38. The van der Waals surface area contributed by atoms with Crippen LogP contribution in [0.25, 0.3) is 0 Å². The number of hydrogen-bond acceptors (Lipinski definition) is 2. The van der Waals surface area contributed by atoms with Gasteiger partial charge < -0.3 is 10.1 Å². The maximum Gasteiger partial charge on any atom is 0.123 e. The lowest BCUT2D eigenvalue weighted by Crippen LogP contribution is -2.13. The molecule has 0 aliphatic carbocycles. The molecule has 0 atom stereocenters. The number of hydrogen-bond donors (Lipinski definition) is 1. The lowest BCUT2D eigenvalue weighted by molar-refractivity contribution is 0.305. The van der Waals surface area contributed by atoms with Gasteiger partial charge in [0.2, 0.25) is 0 Å². The van der Waals surface area contributed by atoms with Crippen molar-refractivity contribution < 1.29 is 4.74 Å². The van der Waals surface area contributed by atoms with Crippen LogP contribution in [0.1, 0.15) is 32.3 Å². The Morgan fingerprint density at radius 1 is 1.19 bits per heavy atom. The molecule has 92 valence electrons. The Bertz CT molecular complexity index is 278. The highest BCUT2D eigenvalue weighted by Gasteiger charge is 2.01. The minimum absolute atomic E-state index is 0. The van der Waals surface area contributed by atoms with E-state index in [9.17, 15) is 0 Å². The topological polar surface area (TPSA) is 21.3 Å². The minimum atomic E-state index is 0. The van der Waals surface area contributed by atoms with E-state index in [1.54, 1.807) is 0 Å². The predicted molar refractivity (Wildman–Crippen MR) is 71.5 cm³/mol. The average Bonchev–Trinajstić information content (AvgIpc) is 2.28. The van der Waals surface area contributed by atoms with Crippen LogP contribution in [0.3, 0.4) is 0 Å². The van der Waals surface area contributed by atoms with Crippen molar-refractivity contribution in [3.63, 3.8) is 0 Å². The van der Waals surface area contributed by atoms with Gasteiger partial charge in [-0.3, -0.25) is 0 Å². The largest absolute Gasteiger partial charge is 0.493 e. The van der Waals surface area contributed by atoms with Crippen LogP contribution in [0.4, 0.5) is 0 Å². The molecule has 0 aliphatic heterocycles. The zero-order valence-corrected chi connectivity index (χ0v) is 11.0. The second kappa shape index (κ2) is 9.49. The molecule has 0 aromatic heterocycles. The summed E-state index contributed by atoms with van der Waals surface area (Å²) < 4.78 is 5.73. The van der Waals surface area contributed by atoms with E-state index in [0.29, 0.717) is 0 Å². The van der Waals surface area contributed by atoms with Crippen molar-refractivity contribution in [1.82, 2.24) is 5.32 Å². The fraction of sp³-hybridized carbons (Fsp3) is 0.538. The first kappa shape index (κ1) is 15.3. The summed E-state index contributed by atoms with van der Waals surface area (Å²) in [5, 5.41) is 3.32. The molecular weight excluding hydrogens is 222 g/mol. The summed E-state index contributed by atoms with van der Waals surface area (Å²) in [4.78, 5) is 0. The third-order valence-corrected chi connectivity index (χ3v) is 2.29. The van der Waals surface area contributed by atoms with E-state index in [2.05, 4.69) is 31.3 Å². The smallest absolute Gasteiger partial charge is 0.123 e. The van der Waals surface area contributed by atoms with Gasteiger partial charge >= 0.3 is 0 Å². The lowest BCUT2D eigenvalue weighted by Gasteiger charge is -2.11. The summed E-state index contributed by atoms with van der Waals surface area (Å²) in [5.74, 6) is 1.02. The highest BCUT2D eigenvalue weighted by Crippen LogP contribution is 2.17. The highest BCUT2D eigenvalue weighted by atomic mass is 35.5. The van der Waals surface area contributed by atoms with Gasteiger partial charge in [0.1, 0.15) is 5.75 Å². The zero-order valence-electron chi connectivity index (χ0n) is 10.2. The Morgan fingerprint density at radius 2 is 1.94 bits per heavy atom. The Hall–Kier alpha value is -0.730. The normalized spacial score (nSPS) is 9.62. The SMILES string of the molecule is CCCCOc1ccccc1CNCC.Cl. The van der Waals surface area contributed by atoms with Crippen molar-refractivity contribution in [1.29, 1.82) is 0 Å². The molecule has 1 rings (SSSR count). The van der Waals surface area contributed by atoms with Gasteiger partial charge in [0, 0.05) is 12.1 Å². The van der Waals surface area contributed by atoms with Crippen LogP contribution in [0, 0.1) is 0 Å². The van der Waals surface area contributed by atoms with Gasteiger partial charge in [-0.1, -0.05) is 38.5 Å². The van der Waals surface area contributed by atoms with Crippen molar-refractivity contribution >= 4 is 12.4 Å². The molecule has 16 heavy (non-hydrogen) atoms. The van der Waals surface area contributed by atoms with Crippen LogP contribution in [0.2, 0.25) is 0 Å². The first-order chi connectivity index (χ1) is 7.38. The second-order valence-electron chi connectivity index (χ2n) is 3.59. The molecule has 0 saturated heterocycles. The third-order valence-electron chi connectivity index (χ3n) is 2.29. The molecular formula is C13H22ClNO. The summed E-state index contributed by atoms with van der Waals surface area (Å²) in [6.07, 6.45) is 2.30. The van der Waals surface area contributed by atoms with Gasteiger partial charge in [-0.05, 0) is 19.0 Å². The molecule has 0 aliphatic rings. The molecule has 0 heterocycles. The number of nitrogens with one attached hydrogen (secondary N) is 1. The van der Waals surface area contributed by atoms with Crippen molar-refractivity contribution in [2.75, 3.05) is 13.2 Å². The van der Waals surface area contributed by atoms with Gasteiger partial charge in [0.15, 0.2) is 0 Å². The van der Waals surface area contributed by atoms with Gasteiger partial charge in [-0.25, -0.2) is 0 Å². The number of benzene rings is 1. The average molecular weight is 244 g/mol. The second-order valence-corrected chi connectivity index (χ2v) is 3.59. The summed E-state index contributed by atoms with van der Waals surface area (Å²) in [6.45, 7) is 6.98. The fourth-order valence-electron chi connectivity index (χ4n) is 1.38. The van der Waals surface area contributed by atoms with Crippen molar-refractivity contribution in [2.45, 2.75) is 33.2 Å². The van der Waals surface area contributed by atoms with Gasteiger partial charge in [0.05, 0.1) is 6.61 Å². The molecule has 1 aromatic carbocycles. The number of rotatable bonds is 7. The van der Waals surface area contributed by atoms with Crippen LogP contribution < -0.4 is 10.1 Å². The maximum atomic E-state index is 5.73. The molecule has 0 amide bonds. The standard InChI is InChI=1S/C13H21NO.ClH/c1-3-5-10-15-13-9-7-6-8-12(13)11-14-4-2;/h6-9,14H,3-5,10-11H2,1-2H3;1H. The summed E-state index contributed by atoms with van der Waals surface area (Å²) >= 11 is 0. The molecule has 3 heteroatoms. The molecule has 0 saturated carbocycles. The lowest BCUT2D eigenvalue weighted by atomic mass is 10.2. The van der Waals surface area contributed by atoms with E-state index in [1.807, 2.05) is 12.1 Å². The van der Waals surface area contributed by atoms with E-state index < -0.39 is 0 Å². The molecule has 1 N–H and O–H groups in total. The number of ether oxygens (including phenoxy) is 1. The van der Waals surface area contributed by atoms with E-state index in [0.717, 1.165) is 31.9 Å². The first-order valence-electron chi connectivity index (χ1n) is 5.80. The number of unbranched alkanes of at least 4 members (excludes halogenated alkanes) is 1. The highest BCUT2D eigenvalue weighted by molar-refractivity contribution is 5.85. The minimum Gasteiger partial charge on any atom is -0.493 e. The Labute approximate surface area is 105 Å². The van der Waals surface area contributed by atoms with Gasteiger partial charge in [-0.2, -0.15) is 0 Å². The molecule has 2 nitrogen and oxygen atoms in total. The zero-order chi connectivity index (χ0) is 10.9. The summed E-state index contributed by atoms with van der Waals surface area (Å²) in [7, 11) is 0. The molecule has 0 fully saturated rings. The van der Waals surface area contributed by atoms with E-state index >= 15 is 0 Å². The summed E-state index contributed by atoms with van der Waals surface area (Å²) in [5.41, 5.74) is 1.25. The van der Waals surface area contributed by atoms with Crippen LogP contribution >= 0.6 is 12.4 Å². The predicted octanol–water partition coefficient (Wildman–Crippen LogP) is 3.40. The van der Waals surface area contributed by atoms with Gasteiger partial charge in [0.25, 0.3) is 0 Å². The van der Waals surface area contributed by atoms with Crippen LogP contribution in [0.5, 0.6) is 5.75 Å². The molecule has 0 radical (unpaired) electrons. The van der Waals surface area contributed by atoms with E-state index in [4.69, 9.17) is 4.74 Å². The van der Waals surface area contributed by atoms with E-state index in [-0.39, 0.29) is 12.4 Å². The number of halogens is 1. The van der Waals surface area contributed by atoms with Crippen LogP contribution in [-0.2, 0) is 6.54 Å². The van der Waals surface area contributed by atoms with E-state index in [1.165, 1.54) is 12.0 Å². The Morgan fingerprint density at radius 3 is 2.62 bits per heavy atom. The fourth-order valence-corrected chi connectivity index (χ4v) is 1.38. The molecule has 1 aromatic rings. The Balaban J connectivity index is 0.00000225. The number of para-hydroxylation sites is 1. The van der Waals surface area contributed by atoms with Crippen LogP contribution in [-0.4, -0.2) is 13.2 Å². The molecule has 0 bridgehead atoms. The first-order valence-corrected chi connectivity index (χ1v) is 5.80. The van der Waals surface area contributed by atoms with Crippen molar-refractivity contribution in [3.8, 4) is 5.75 Å². The van der Waals surface area contributed by atoms with Crippen molar-refractivity contribution in [3.05, 3.63) is 29.8 Å². The monoisotopic (exact) mass is 243 g/mol. The van der Waals surface area contributed by atoms with Crippen LogP contribution in [0.15, 0.2) is 24.3 Å². The quantitative estimate of drug-likeness (QED) is 0.742. The molecule has 0 spiro atoms. The Kier molecular flexibility index (Phi) is 9.06. The van der Waals surface area contributed by atoms with Gasteiger partial charge in [-0.15, -0.1) is 12.4 Å². The maximum absolute atomic E-state index is 5.73. The van der Waals surface area contributed by atoms with Crippen molar-refractivity contribution in [2.24, 2.45) is 0 Å². The molecule has 0 unspecified atom stereocenters.